The largest absolute Gasteiger partial charge is 0.496 e. The molecule has 2 heterocycles. The lowest BCUT2D eigenvalue weighted by Crippen LogP contribution is -2.33. The summed E-state index contributed by atoms with van der Waals surface area (Å²) in [5, 5.41) is 0. The standard InChI is InChI=1S/C21H24F3NO5/c1-13-8-15(30-12-21(22,23)24)4-5-17(13)20-14(2)18(26-3)9-19(25-20)29-11-16-10-27-6-7-28-16/h4-5,8-9,16H,6-7,10-12H2,1-3H3. The van der Waals surface area contributed by atoms with Crippen molar-refractivity contribution in [3.8, 4) is 28.6 Å². The molecule has 0 saturated carbocycles. The van der Waals surface area contributed by atoms with Gasteiger partial charge in [-0.15, -0.1) is 0 Å². The summed E-state index contributed by atoms with van der Waals surface area (Å²) in [4.78, 5) is 4.59. The first-order chi connectivity index (χ1) is 14.3. The minimum atomic E-state index is -4.39. The number of nitrogens with zero attached hydrogens (tertiary/aromatic N) is 1. The second kappa shape index (κ2) is 9.53. The maximum Gasteiger partial charge on any atom is 0.422 e. The van der Waals surface area contributed by atoms with E-state index in [0.717, 1.165) is 11.1 Å². The molecule has 1 aliphatic heterocycles. The molecule has 6 nitrogen and oxygen atoms in total. The van der Waals surface area contributed by atoms with E-state index in [0.29, 0.717) is 42.7 Å². The minimum absolute atomic E-state index is 0.139. The Morgan fingerprint density at radius 2 is 1.93 bits per heavy atom. The van der Waals surface area contributed by atoms with E-state index in [1.165, 1.54) is 6.07 Å². The van der Waals surface area contributed by atoms with Gasteiger partial charge in [0.1, 0.15) is 24.2 Å². The third-order valence-electron chi connectivity index (χ3n) is 4.58. The summed E-state index contributed by atoms with van der Waals surface area (Å²) in [5.74, 6) is 1.09. The molecule has 9 heteroatoms. The molecule has 2 aromatic rings. The van der Waals surface area contributed by atoms with E-state index < -0.39 is 12.8 Å². The Morgan fingerprint density at radius 1 is 1.13 bits per heavy atom. The first-order valence-electron chi connectivity index (χ1n) is 9.45. The fraction of sp³-hybridized carbons (Fsp3) is 0.476. The number of hydrogen-bond acceptors (Lipinski definition) is 6. The predicted octanol–water partition coefficient (Wildman–Crippen LogP) is 4.11. The van der Waals surface area contributed by atoms with Gasteiger partial charge in [0, 0.05) is 17.2 Å². The van der Waals surface area contributed by atoms with Crippen LogP contribution in [0.4, 0.5) is 13.2 Å². The summed E-state index contributed by atoms with van der Waals surface area (Å²) in [6, 6.07) is 6.41. The Morgan fingerprint density at radius 3 is 2.57 bits per heavy atom. The van der Waals surface area contributed by atoms with Gasteiger partial charge in [0.2, 0.25) is 5.88 Å². The first-order valence-corrected chi connectivity index (χ1v) is 9.45. The van der Waals surface area contributed by atoms with Crippen LogP contribution in [0.3, 0.4) is 0 Å². The normalized spacial score (nSPS) is 16.9. The summed E-state index contributed by atoms with van der Waals surface area (Å²) in [6.45, 7) is 4.12. The van der Waals surface area contributed by atoms with Gasteiger partial charge in [-0.3, -0.25) is 0 Å². The Kier molecular flexibility index (Phi) is 7.04. The number of halogens is 3. The van der Waals surface area contributed by atoms with Crippen molar-refractivity contribution in [2.75, 3.05) is 40.1 Å². The molecule has 0 N–H and O–H groups in total. The Labute approximate surface area is 172 Å². The molecule has 1 fully saturated rings. The number of aryl methyl sites for hydroxylation is 1. The number of pyridine rings is 1. The molecule has 0 amide bonds. The number of hydrogen-bond donors (Lipinski definition) is 0. The lowest BCUT2D eigenvalue weighted by molar-refractivity contribution is -0.153. The molecule has 0 bridgehead atoms. The molecule has 1 atom stereocenters. The maximum atomic E-state index is 12.4. The topological polar surface area (TPSA) is 59.0 Å². The van der Waals surface area contributed by atoms with E-state index in [9.17, 15) is 13.2 Å². The average Bonchev–Trinajstić information content (AvgIpc) is 2.72. The number of alkyl halides is 3. The second-order valence-electron chi connectivity index (χ2n) is 6.90. The van der Waals surface area contributed by atoms with Gasteiger partial charge < -0.3 is 23.7 Å². The van der Waals surface area contributed by atoms with Gasteiger partial charge in [-0.05, 0) is 37.6 Å². The van der Waals surface area contributed by atoms with Crippen LogP contribution in [0.2, 0.25) is 0 Å². The van der Waals surface area contributed by atoms with Gasteiger partial charge in [0.15, 0.2) is 6.61 Å². The van der Waals surface area contributed by atoms with Crippen molar-refractivity contribution in [1.82, 2.24) is 4.98 Å². The van der Waals surface area contributed by atoms with Gasteiger partial charge in [-0.2, -0.15) is 13.2 Å². The molecule has 1 aromatic heterocycles. The SMILES string of the molecule is COc1cc(OCC2COCCO2)nc(-c2ccc(OCC(F)(F)F)cc2C)c1C. The Bertz CT molecular complexity index is 866. The molecule has 1 aromatic carbocycles. The van der Waals surface area contributed by atoms with Crippen LogP contribution < -0.4 is 14.2 Å². The van der Waals surface area contributed by atoms with Gasteiger partial charge in [0.05, 0.1) is 32.6 Å². The molecule has 3 rings (SSSR count). The van der Waals surface area contributed by atoms with Crippen LogP contribution in [0.1, 0.15) is 11.1 Å². The molecule has 1 unspecified atom stereocenters. The van der Waals surface area contributed by atoms with Crippen LogP contribution in [0, 0.1) is 13.8 Å². The van der Waals surface area contributed by atoms with Crippen LogP contribution in [0.5, 0.6) is 17.4 Å². The summed E-state index contributed by atoms with van der Waals surface area (Å²) >= 11 is 0. The summed E-state index contributed by atoms with van der Waals surface area (Å²) < 4.78 is 64.2. The molecule has 0 aliphatic carbocycles. The van der Waals surface area contributed by atoms with Crippen molar-refractivity contribution in [2.45, 2.75) is 26.1 Å². The molecular weight excluding hydrogens is 403 g/mol. The van der Waals surface area contributed by atoms with Crippen molar-refractivity contribution < 1.29 is 36.9 Å². The van der Waals surface area contributed by atoms with Crippen LogP contribution in [0.25, 0.3) is 11.3 Å². The van der Waals surface area contributed by atoms with Crippen LogP contribution >= 0.6 is 0 Å². The molecular formula is C21H24F3NO5. The minimum Gasteiger partial charge on any atom is -0.496 e. The Hall–Kier alpha value is -2.52. The third-order valence-corrected chi connectivity index (χ3v) is 4.58. The summed E-state index contributed by atoms with van der Waals surface area (Å²) in [5.41, 5.74) is 2.86. The molecule has 164 valence electrons. The van der Waals surface area contributed by atoms with E-state index in [2.05, 4.69) is 4.98 Å². The van der Waals surface area contributed by atoms with Crippen molar-refractivity contribution in [2.24, 2.45) is 0 Å². The quantitative estimate of drug-likeness (QED) is 0.663. The van der Waals surface area contributed by atoms with Crippen molar-refractivity contribution in [3.63, 3.8) is 0 Å². The van der Waals surface area contributed by atoms with Crippen molar-refractivity contribution in [1.29, 1.82) is 0 Å². The lowest BCUT2D eigenvalue weighted by atomic mass is 10.0. The van der Waals surface area contributed by atoms with E-state index in [1.54, 1.807) is 32.2 Å². The third kappa shape index (κ3) is 5.76. The van der Waals surface area contributed by atoms with E-state index in [4.69, 9.17) is 23.7 Å². The highest BCUT2D eigenvalue weighted by atomic mass is 19.4. The van der Waals surface area contributed by atoms with Crippen molar-refractivity contribution in [3.05, 3.63) is 35.4 Å². The molecule has 1 aliphatic rings. The lowest BCUT2D eigenvalue weighted by Gasteiger charge is -2.23. The second-order valence-corrected chi connectivity index (χ2v) is 6.90. The summed E-state index contributed by atoms with van der Waals surface area (Å²) in [7, 11) is 1.55. The first kappa shape index (κ1) is 22.2. The average molecular weight is 427 g/mol. The maximum absolute atomic E-state index is 12.4. The molecule has 1 saturated heterocycles. The monoisotopic (exact) mass is 427 g/mol. The predicted molar refractivity (Wildman–Crippen MR) is 103 cm³/mol. The molecule has 0 radical (unpaired) electrons. The zero-order chi connectivity index (χ0) is 21.7. The van der Waals surface area contributed by atoms with Crippen LogP contribution in [0.15, 0.2) is 24.3 Å². The number of methoxy groups -OCH3 is 1. The van der Waals surface area contributed by atoms with E-state index in [1.807, 2.05) is 6.92 Å². The fourth-order valence-corrected chi connectivity index (χ4v) is 3.08. The van der Waals surface area contributed by atoms with E-state index in [-0.39, 0.29) is 18.5 Å². The number of benzene rings is 1. The van der Waals surface area contributed by atoms with E-state index >= 15 is 0 Å². The van der Waals surface area contributed by atoms with Gasteiger partial charge >= 0.3 is 6.18 Å². The highest BCUT2D eigenvalue weighted by Gasteiger charge is 2.28. The zero-order valence-corrected chi connectivity index (χ0v) is 17.0. The Balaban J connectivity index is 1.83. The van der Waals surface area contributed by atoms with Gasteiger partial charge in [-0.1, -0.05) is 0 Å². The zero-order valence-electron chi connectivity index (χ0n) is 17.0. The highest BCUT2D eigenvalue weighted by Crippen LogP contribution is 2.35. The highest BCUT2D eigenvalue weighted by molar-refractivity contribution is 5.70. The van der Waals surface area contributed by atoms with Crippen LogP contribution in [-0.4, -0.2) is 57.4 Å². The number of aromatic nitrogens is 1. The van der Waals surface area contributed by atoms with Crippen molar-refractivity contribution >= 4 is 0 Å². The summed E-state index contributed by atoms with van der Waals surface area (Å²) in [6.07, 6.45) is -4.57. The van der Waals surface area contributed by atoms with Gasteiger partial charge in [0.25, 0.3) is 0 Å². The molecule has 0 spiro atoms. The smallest absolute Gasteiger partial charge is 0.422 e. The number of rotatable bonds is 7. The molecule has 30 heavy (non-hydrogen) atoms. The van der Waals surface area contributed by atoms with Gasteiger partial charge in [-0.25, -0.2) is 4.98 Å². The number of ether oxygens (including phenoxy) is 5. The van der Waals surface area contributed by atoms with Crippen LogP contribution in [-0.2, 0) is 9.47 Å². The fourth-order valence-electron chi connectivity index (χ4n) is 3.08.